The maximum atomic E-state index is 12.8. The van der Waals surface area contributed by atoms with Gasteiger partial charge < -0.3 is 9.30 Å². The van der Waals surface area contributed by atoms with Crippen molar-refractivity contribution in [2.75, 3.05) is 20.3 Å². The van der Waals surface area contributed by atoms with Gasteiger partial charge in [-0.25, -0.2) is 12.7 Å². The summed E-state index contributed by atoms with van der Waals surface area (Å²) in [6.07, 6.45) is 0. The molecule has 1 amide bonds. The van der Waals surface area contributed by atoms with Crippen molar-refractivity contribution in [2.24, 2.45) is 0 Å². The highest BCUT2D eigenvalue weighted by molar-refractivity contribution is 7.90. The van der Waals surface area contributed by atoms with Crippen molar-refractivity contribution in [1.82, 2.24) is 8.87 Å². The van der Waals surface area contributed by atoms with E-state index in [-0.39, 0.29) is 16.5 Å². The third kappa shape index (κ3) is 3.08. The number of ether oxygens (including phenoxy) is 1. The van der Waals surface area contributed by atoms with E-state index in [1.807, 2.05) is 18.4 Å². The molecule has 0 saturated carbocycles. The smallest absolute Gasteiger partial charge is 0.269 e. The molecule has 144 valence electrons. The predicted molar refractivity (Wildman–Crippen MR) is 99.5 cm³/mol. The van der Waals surface area contributed by atoms with E-state index < -0.39 is 28.3 Å². The molecule has 1 aliphatic heterocycles. The Morgan fingerprint density at radius 2 is 1.89 bits per heavy atom. The Morgan fingerprint density at radius 3 is 2.52 bits per heavy atom. The molecule has 1 aromatic carbocycles. The van der Waals surface area contributed by atoms with Gasteiger partial charge >= 0.3 is 0 Å². The van der Waals surface area contributed by atoms with Gasteiger partial charge in [0.05, 0.1) is 18.2 Å². The van der Waals surface area contributed by atoms with E-state index in [0.29, 0.717) is 16.5 Å². The third-order valence-corrected chi connectivity index (χ3v) is 6.62. The van der Waals surface area contributed by atoms with E-state index in [9.17, 15) is 18.0 Å². The minimum absolute atomic E-state index is 0.0259. The number of ketones is 1. The first-order valence-electron chi connectivity index (χ1n) is 8.56. The number of aryl methyl sites for hydroxylation is 1. The number of methoxy groups -OCH3 is 1. The minimum Gasteiger partial charge on any atom is -0.383 e. The fourth-order valence-electron chi connectivity index (χ4n) is 3.66. The molecule has 1 aromatic heterocycles. The van der Waals surface area contributed by atoms with Gasteiger partial charge in [0, 0.05) is 24.1 Å². The van der Waals surface area contributed by atoms with Crippen molar-refractivity contribution in [1.29, 1.82) is 0 Å². The second-order valence-electron chi connectivity index (χ2n) is 6.70. The number of benzene rings is 1. The molecule has 0 aliphatic carbocycles. The largest absolute Gasteiger partial charge is 0.383 e. The van der Waals surface area contributed by atoms with Crippen LogP contribution in [0, 0.1) is 13.8 Å². The maximum Gasteiger partial charge on any atom is 0.269 e. The lowest BCUT2D eigenvalue weighted by Gasteiger charge is -2.18. The van der Waals surface area contributed by atoms with Crippen molar-refractivity contribution < 1.29 is 22.7 Å². The number of carbonyl (C=O) groups excluding carboxylic acids is 2. The van der Waals surface area contributed by atoms with Gasteiger partial charge in [0.15, 0.2) is 5.78 Å². The van der Waals surface area contributed by atoms with Crippen LogP contribution in [0.25, 0.3) is 0 Å². The highest BCUT2D eigenvalue weighted by Gasteiger charge is 2.42. The summed E-state index contributed by atoms with van der Waals surface area (Å²) in [6, 6.07) is 7.74. The van der Waals surface area contributed by atoms with Crippen LogP contribution in [0.1, 0.15) is 45.1 Å². The molecular formula is C19H22N2O5S. The van der Waals surface area contributed by atoms with Gasteiger partial charge in [-0.1, -0.05) is 12.1 Å². The van der Waals surface area contributed by atoms with Crippen LogP contribution in [0.5, 0.6) is 0 Å². The van der Waals surface area contributed by atoms with Crippen LogP contribution < -0.4 is 0 Å². The average Bonchev–Trinajstić information content (AvgIpc) is 3.02. The van der Waals surface area contributed by atoms with E-state index in [0.717, 1.165) is 11.4 Å². The Morgan fingerprint density at radius 1 is 1.22 bits per heavy atom. The maximum absolute atomic E-state index is 12.8. The fourth-order valence-corrected chi connectivity index (χ4v) is 5.18. The molecule has 0 fully saturated rings. The summed E-state index contributed by atoms with van der Waals surface area (Å²) in [5.41, 5.74) is 2.11. The summed E-state index contributed by atoms with van der Waals surface area (Å²) < 4.78 is 33.1. The second-order valence-corrected chi connectivity index (χ2v) is 8.53. The molecule has 0 N–H and O–H groups in total. The second kappa shape index (κ2) is 6.94. The number of amides is 1. The van der Waals surface area contributed by atoms with Crippen molar-refractivity contribution in [3.8, 4) is 0 Å². The molecule has 0 unspecified atom stereocenters. The van der Waals surface area contributed by atoms with Gasteiger partial charge in [0.25, 0.3) is 15.9 Å². The quantitative estimate of drug-likeness (QED) is 0.707. The number of aromatic nitrogens is 1. The number of sulfonamides is 1. The van der Waals surface area contributed by atoms with E-state index in [1.54, 1.807) is 32.2 Å². The summed E-state index contributed by atoms with van der Waals surface area (Å²) in [4.78, 5) is 25.3. The lowest BCUT2D eigenvalue weighted by molar-refractivity contribution is 0.0820. The lowest BCUT2D eigenvalue weighted by atomic mass is 10.1. The molecule has 0 saturated heterocycles. The highest BCUT2D eigenvalue weighted by Crippen LogP contribution is 2.30. The van der Waals surface area contributed by atoms with Crippen molar-refractivity contribution in [3.05, 3.63) is 52.8 Å². The minimum atomic E-state index is -4.00. The number of Topliss-reactive ketones (excluding diaryl/α,β-unsaturated/α-hetero) is 1. The van der Waals surface area contributed by atoms with Gasteiger partial charge in [-0.3, -0.25) is 9.59 Å². The summed E-state index contributed by atoms with van der Waals surface area (Å²) in [6.45, 7) is 5.63. The fraction of sp³-hybridized carbons (Fsp3) is 0.368. The molecule has 7 nitrogen and oxygen atoms in total. The molecule has 1 aliphatic rings. The molecule has 27 heavy (non-hydrogen) atoms. The zero-order chi connectivity index (χ0) is 19.9. The Labute approximate surface area is 158 Å². The van der Waals surface area contributed by atoms with Crippen LogP contribution >= 0.6 is 0 Å². The summed E-state index contributed by atoms with van der Waals surface area (Å²) in [5.74, 6) is -1.08. The van der Waals surface area contributed by atoms with E-state index >= 15 is 0 Å². The Kier molecular flexibility index (Phi) is 4.96. The number of rotatable bonds is 6. The van der Waals surface area contributed by atoms with Gasteiger partial charge in [-0.2, -0.15) is 0 Å². The van der Waals surface area contributed by atoms with Crippen LogP contribution in [-0.4, -0.2) is 49.2 Å². The van der Waals surface area contributed by atoms with Gasteiger partial charge in [-0.15, -0.1) is 0 Å². The van der Waals surface area contributed by atoms with Crippen molar-refractivity contribution in [3.63, 3.8) is 0 Å². The van der Waals surface area contributed by atoms with Gasteiger partial charge in [0.2, 0.25) is 0 Å². The summed E-state index contributed by atoms with van der Waals surface area (Å²) >= 11 is 0. The molecule has 2 heterocycles. The Hall–Kier alpha value is -2.45. The van der Waals surface area contributed by atoms with Crippen LogP contribution in [-0.2, 0) is 14.8 Å². The molecule has 1 atom stereocenters. The van der Waals surface area contributed by atoms with Crippen molar-refractivity contribution in [2.45, 2.75) is 31.7 Å². The van der Waals surface area contributed by atoms with Crippen LogP contribution in [0.2, 0.25) is 0 Å². The molecule has 2 aromatic rings. The number of nitrogens with zero attached hydrogens (tertiary/aromatic N) is 2. The Bertz CT molecular complexity index is 1020. The zero-order valence-corrected chi connectivity index (χ0v) is 16.5. The number of hydrogen-bond acceptors (Lipinski definition) is 5. The number of hydrogen-bond donors (Lipinski definition) is 0. The van der Waals surface area contributed by atoms with E-state index in [2.05, 4.69) is 0 Å². The first-order valence-corrected chi connectivity index (χ1v) is 10.0. The molecule has 8 heteroatoms. The molecule has 3 rings (SSSR count). The zero-order valence-electron chi connectivity index (χ0n) is 15.7. The summed E-state index contributed by atoms with van der Waals surface area (Å²) in [5, 5.41) is 0. The first-order chi connectivity index (χ1) is 12.7. The van der Waals surface area contributed by atoms with Gasteiger partial charge in [0.1, 0.15) is 11.4 Å². The van der Waals surface area contributed by atoms with Crippen LogP contribution in [0.3, 0.4) is 0 Å². The third-order valence-electron chi connectivity index (χ3n) is 4.83. The molecule has 0 spiro atoms. The predicted octanol–water partition coefficient (Wildman–Crippen LogP) is 2.34. The number of fused-ring (bicyclic) bond motifs is 1. The molecular weight excluding hydrogens is 368 g/mol. The van der Waals surface area contributed by atoms with Crippen LogP contribution in [0.4, 0.5) is 0 Å². The lowest BCUT2D eigenvalue weighted by Crippen LogP contribution is -2.35. The van der Waals surface area contributed by atoms with Gasteiger partial charge in [-0.05, 0) is 39.0 Å². The normalized spacial score (nSPS) is 16.4. The standard InChI is InChI=1S/C19H22N2O5S/c1-12-9-16(14(3)21(12)13(2)11-26-4)17(22)10-20-19(23)15-7-5-6-8-18(15)27(20,24)25/h5-9,13H,10-11H2,1-4H3/t13-/m1/s1. The molecule has 0 radical (unpaired) electrons. The molecule has 0 bridgehead atoms. The number of carbonyl (C=O) groups is 2. The Balaban J connectivity index is 1.91. The highest BCUT2D eigenvalue weighted by atomic mass is 32.2. The van der Waals surface area contributed by atoms with Crippen molar-refractivity contribution >= 4 is 21.7 Å². The monoisotopic (exact) mass is 390 g/mol. The topological polar surface area (TPSA) is 85.7 Å². The van der Waals surface area contributed by atoms with Crippen LogP contribution in [0.15, 0.2) is 35.2 Å². The SMILES string of the molecule is COC[C@@H](C)n1c(C)cc(C(=O)CN2C(=O)c3ccccc3S2(=O)=O)c1C. The van der Waals surface area contributed by atoms with E-state index in [4.69, 9.17) is 4.74 Å². The summed E-state index contributed by atoms with van der Waals surface area (Å²) in [7, 11) is -2.39. The average molecular weight is 390 g/mol. The first kappa shape index (κ1) is 19.3. The van der Waals surface area contributed by atoms with E-state index in [1.165, 1.54) is 12.1 Å².